The van der Waals surface area contributed by atoms with Gasteiger partial charge in [0, 0.05) is 12.1 Å². The molecule has 1 aliphatic rings. The zero-order chi connectivity index (χ0) is 22.6. The van der Waals surface area contributed by atoms with Crippen LogP contribution in [0.5, 0.6) is 0 Å². The van der Waals surface area contributed by atoms with E-state index in [1.54, 1.807) is 35.9 Å². The number of aliphatic hydroxyl groups excluding tert-OH is 1. The van der Waals surface area contributed by atoms with Crippen LogP contribution in [-0.2, 0) is 21.3 Å². The average Bonchev–Trinajstić information content (AvgIpc) is 3.28. The van der Waals surface area contributed by atoms with E-state index in [1.165, 1.54) is 0 Å². The van der Waals surface area contributed by atoms with Crippen molar-refractivity contribution in [3.05, 3.63) is 66.4 Å². The summed E-state index contributed by atoms with van der Waals surface area (Å²) in [6.45, 7) is 2.14. The molecule has 8 nitrogen and oxygen atoms in total. The monoisotopic (exact) mass is 456 g/mol. The predicted octanol–water partition coefficient (Wildman–Crippen LogP) is 2.53. The molecule has 0 unspecified atom stereocenters. The molecular formula is C23H28N4O4S. The van der Waals surface area contributed by atoms with Crippen LogP contribution in [0.2, 0.25) is 0 Å². The molecule has 0 amide bonds. The number of hydrogen-bond donors (Lipinski definition) is 2. The Bertz CT molecular complexity index is 1130. The first kappa shape index (κ1) is 22.6. The lowest BCUT2D eigenvalue weighted by Gasteiger charge is -2.36. The van der Waals surface area contributed by atoms with Gasteiger partial charge in [0.25, 0.3) is 0 Å². The Morgan fingerprint density at radius 2 is 1.88 bits per heavy atom. The quantitative estimate of drug-likeness (QED) is 0.540. The number of rotatable bonds is 8. The van der Waals surface area contributed by atoms with Crippen molar-refractivity contribution in [1.29, 1.82) is 0 Å². The maximum atomic E-state index is 12.8. The van der Waals surface area contributed by atoms with Crippen LogP contribution in [0.15, 0.2) is 65.7 Å². The molecule has 2 aromatic carbocycles. The van der Waals surface area contributed by atoms with Crippen LogP contribution in [0.25, 0.3) is 11.3 Å². The highest BCUT2D eigenvalue weighted by molar-refractivity contribution is 7.89. The van der Waals surface area contributed by atoms with Crippen molar-refractivity contribution in [3.63, 3.8) is 0 Å². The molecule has 2 heterocycles. The molecule has 4 rings (SSSR count). The van der Waals surface area contributed by atoms with Gasteiger partial charge in [-0.25, -0.2) is 13.1 Å². The number of nitrogens with one attached hydrogen (secondary N) is 1. The molecule has 2 N–H and O–H groups in total. The van der Waals surface area contributed by atoms with Crippen molar-refractivity contribution in [1.82, 2.24) is 19.7 Å². The first-order valence-electron chi connectivity index (χ1n) is 10.8. The minimum absolute atomic E-state index is 0.0873. The van der Waals surface area contributed by atoms with E-state index >= 15 is 0 Å². The normalized spacial score (nSPS) is 21.5. The Morgan fingerprint density at radius 1 is 1.12 bits per heavy atom. The van der Waals surface area contributed by atoms with Crippen LogP contribution in [0.3, 0.4) is 0 Å². The van der Waals surface area contributed by atoms with E-state index < -0.39 is 22.2 Å². The van der Waals surface area contributed by atoms with Gasteiger partial charge in [0.15, 0.2) is 0 Å². The van der Waals surface area contributed by atoms with Crippen LogP contribution in [0, 0.1) is 6.92 Å². The lowest BCUT2D eigenvalue weighted by Crippen LogP contribution is -2.51. The third kappa shape index (κ3) is 5.24. The van der Waals surface area contributed by atoms with Crippen LogP contribution in [-0.4, -0.2) is 53.4 Å². The molecule has 0 radical (unpaired) electrons. The maximum Gasteiger partial charge on any atom is 0.241 e. The van der Waals surface area contributed by atoms with Crippen LogP contribution < -0.4 is 4.72 Å². The number of benzene rings is 2. The van der Waals surface area contributed by atoms with Crippen molar-refractivity contribution in [2.75, 3.05) is 6.61 Å². The van der Waals surface area contributed by atoms with Gasteiger partial charge in [0.1, 0.15) is 5.69 Å². The summed E-state index contributed by atoms with van der Waals surface area (Å²) < 4.78 is 36.2. The smallest absolute Gasteiger partial charge is 0.241 e. The summed E-state index contributed by atoms with van der Waals surface area (Å²) in [5.74, 6) is 0. The number of ether oxygens (including phenoxy) is 1. The van der Waals surface area contributed by atoms with Crippen molar-refractivity contribution in [3.8, 4) is 11.3 Å². The van der Waals surface area contributed by atoms with E-state index in [4.69, 9.17) is 4.74 Å². The van der Waals surface area contributed by atoms with Gasteiger partial charge in [-0.1, -0.05) is 53.7 Å². The van der Waals surface area contributed by atoms with Crippen LogP contribution in [0.4, 0.5) is 0 Å². The summed E-state index contributed by atoms with van der Waals surface area (Å²) in [6.07, 6.45) is 3.20. The average molecular weight is 457 g/mol. The molecule has 0 bridgehead atoms. The molecule has 0 spiro atoms. The fraction of sp³-hybridized carbons (Fsp3) is 0.391. The van der Waals surface area contributed by atoms with E-state index in [-0.39, 0.29) is 17.6 Å². The molecule has 1 fully saturated rings. The molecule has 1 saturated heterocycles. The molecule has 0 aliphatic carbocycles. The summed E-state index contributed by atoms with van der Waals surface area (Å²) in [7, 11) is -3.69. The molecule has 170 valence electrons. The Labute approximate surface area is 188 Å². The molecule has 3 aromatic rings. The SMILES string of the molecule is Cc1ccccc1S(=O)(=O)N[C@H]1CC[C@H](CCn2cc(-c3ccccc3)nn2)O[C@H]1CO. The molecular weight excluding hydrogens is 428 g/mol. The maximum absolute atomic E-state index is 12.8. The van der Waals surface area contributed by atoms with Crippen LogP contribution in [0.1, 0.15) is 24.8 Å². The molecule has 0 saturated carbocycles. The standard InChI is InChI=1S/C23H28N4O4S/c1-17-7-5-6-10-23(17)32(29,30)25-20-12-11-19(31-22(20)16-28)13-14-27-15-21(24-26-27)18-8-3-2-4-9-18/h2-10,15,19-20,22,25,28H,11-14,16H2,1H3/t19-,20+,22+/m1/s1. The first-order chi connectivity index (χ1) is 15.5. The van der Waals surface area contributed by atoms with E-state index in [9.17, 15) is 13.5 Å². The number of aryl methyl sites for hydroxylation is 2. The fourth-order valence-corrected chi connectivity index (χ4v) is 5.57. The van der Waals surface area contributed by atoms with Gasteiger partial charge in [-0.2, -0.15) is 0 Å². The second-order valence-corrected chi connectivity index (χ2v) is 9.75. The fourth-order valence-electron chi connectivity index (χ4n) is 4.02. The largest absolute Gasteiger partial charge is 0.394 e. The number of aliphatic hydroxyl groups is 1. The number of nitrogens with zero attached hydrogens (tertiary/aromatic N) is 3. The third-order valence-corrected chi connectivity index (χ3v) is 7.42. The number of sulfonamides is 1. The van der Waals surface area contributed by atoms with Gasteiger partial charge >= 0.3 is 0 Å². The van der Waals surface area contributed by atoms with E-state index in [0.717, 1.165) is 11.3 Å². The Kier molecular flexibility index (Phi) is 7.00. The van der Waals surface area contributed by atoms with Gasteiger partial charge in [-0.15, -0.1) is 5.10 Å². The zero-order valence-electron chi connectivity index (χ0n) is 18.0. The molecule has 1 aliphatic heterocycles. The van der Waals surface area contributed by atoms with Gasteiger partial charge in [-0.3, -0.25) is 4.68 Å². The molecule has 1 aromatic heterocycles. The predicted molar refractivity (Wildman–Crippen MR) is 120 cm³/mol. The van der Waals surface area contributed by atoms with E-state index in [0.29, 0.717) is 31.4 Å². The second kappa shape index (κ2) is 9.91. The molecule has 3 atom stereocenters. The highest BCUT2D eigenvalue weighted by atomic mass is 32.2. The minimum atomic E-state index is -3.69. The zero-order valence-corrected chi connectivity index (χ0v) is 18.8. The first-order valence-corrected chi connectivity index (χ1v) is 12.2. The van der Waals surface area contributed by atoms with Crippen molar-refractivity contribution < 1.29 is 18.3 Å². The van der Waals surface area contributed by atoms with Gasteiger partial charge in [-0.05, 0) is 37.8 Å². The highest BCUT2D eigenvalue weighted by Gasteiger charge is 2.34. The number of hydrogen-bond acceptors (Lipinski definition) is 6. The summed E-state index contributed by atoms with van der Waals surface area (Å²) in [5, 5.41) is 18.2. The van der Waals surface area contributed by atoms with Crippen molar-refractivity contribution in [2.24, 2.45) is 0 Å². The van der Waals surface area contributed by atoms with E-state index in [1.807, 2.05) is 36.5 Å². The van der Waals surface area contributed by atoms with E-state index in [2.05, 4.69) is 15.0 Å². The van der Waals surface area contributed by atoms with Crippen molar-refractivity contribution in [2.45, 2.75) is 55.9 Å². The second-order valence-electron chi connectivity index (χ2n) is 8.07. The Balaban J connectivity index is 1.34. The van der Waals surface area contributed by atoms with Crippen molar-refractivity contribution >= 4 is 10.0 Å². The Morgan fingerprint density at radius 3 is 2.62 bits per heavy atom. The topological polar surface area (TPSA) is 106 Å². The summed E-state index contributed by atoms with van der Waals surface area (Å²) >= 11 is 0. The van der Waals surface area contributed by atoms with Gasteiger partial charge in [0.2, 0.25) is 10.0 Å². The molecule has 9 heteroatoms. The van der Waals surface area contributed by atoms with Gasteiger partial charge < -0.3 is 9.84 Å². The van der Waals surface area contributed by atoms with Crippen LogP contribution >= 0.6 is 0 Å². The van der Waals surface area contributed by atoms with Gasteiger partial charge in [0.05, 0.1) is 35.9 Å². The minimum Gasteiger partial charge on any atom is -0.394 e. The third-order valence-electron chi connectivity index (χ3n) is 5.77. The summed E-state index contributed by atoms with van der Waals surface area (Å²) in [6, 6.07) is 16.2. The Hall–Kier alpha value is -2.59. The number of aromatic nitrogens is 3. The lowest BCUT2D eigenvalue weighted by atomic mass is 9.98. The molecule has 32 heavy (non-hydrogen) atoms. The highest BCUT2D eigenvalue weighted by Crippen LogP contribution is 2.25. The lowest BCUT2D eigenvalue weighted by molar-refractivity contribution is -0.0891. The summed E-state index contributed by atoms with van der Waals surface area (Å²) in [5.41, 5.74) is 2.50. The summed E-state index contributed by atoms with van der Waals surface area (Å²) in [4.78, 5) is 0.249.